The maximum Gasteiger partial charge on any atom is 0.342 e. The molecule has 0 amide bonds. The van der Waals surface area contributed by atoms with Crippen molar-refractivity contribution in [2.45, 2.75) is 63.9 Å². The predicted molar refractivity (Wildman–Crippen MR) is 113 cm³/mol. The van der Waals surface area contributed by atoms with Crippen LogP contribution in [0, 0.1) is 23.7 Å². The van der Waals surface area contributed by atoms with Gasteiger partial charge < -0.3 is 30.3 Å². The largest absolute Gasteiger partial charge is 0.507 e. The zero-order valence-corrected chi connectivity index (χ0v) is 19.0. The van der Waals surface area contributed by atoms with Gasteiger partial charge in [0.1, 0.15) is 35.1 Å². The van der Waals surface area contributed by atoms with Crippen molar-refractivity contribution >= 4 is 23.9 Å². The Morgan fingerprint density at radius 3 is 2.44 bits per heavy atom. The van der Waals surface area contributed by atoms with Crippen LogP contribution in [0.4, 0.5) is 0 Å². The summed E-state index contributed by atoms with van der Waals surface area (Å²) < 4.78 is 5.52. The van der Waals surface area contributed by atoms with E-state index in [0.29, 0.717) is 6.29 Å². The van der Waals surface area contributed by atoms with E-state index in [2.05, 4.69) is 0 Å². The maximum absolute atomic E-state index is 12.9. The van der Waals surface area contributed by atoms with Gasteiger partial charge in [-0.15, -0.1) is 0 Å². The van der Waals surface area contributed by atoms with Gasteiger partial charge in [-0.1, -0.05) is 32.4 Å². The first kappa shape index (κ1) is 23.0. The fraction of sp³-hybridized carbons (Fsp3) is 0.565. The number of aliphatic hydroxyl groups is 3. The quantitative estimate of drug-likeness (QED) is 0.336. The summed E-state index contributed by atoms with van der Waals surface area (Å²) in [4.78, 5) is 24.8. The molecule has 9 heteroatoms. The average Bonchev–Trinajstić information content (AvgIpc) is 2.87. The van der Waals surface area contributed by atoms with E-state index in [1.165, 1.54) is 13.0 Å². The van der Waals surface area contributed by atoms with Crippen LogP contribution in [0.2, 0.25) is 5.02 Å². The average molecular weight is 467 g/mol. The number of rotatable bonds is 3. The molecule has 0 heterocycles. The molecule has 32 heavy (non-hydrogen) atoms. The molecule has 0 aromatic heterocycles. The smallest absolute Gasteiger partial charge is 0.342 e. The standard InChI is InChI=1S/C23H27ClO8/c1-10-15(12(26)5-13(27)16(10)24)19(29)32-14-7-21(4)17-18(28)20(2,3)9-22(17,30)6-11(8-25)23(14,21)31/h5-6,8,14,17-18,26-28,30-31H,7,9H2,1-4H3/t14-,17?,18-,21-,22+,23+/m1/s1. The molecular weight excluding hydrogens is 440 g/mol. The molecule has 4 rings (SSSR count). The number of esters is 1. The number of phenols is 2. The topological polar surface area (TPSA) is 145 Å². The number of aldehydes is 1. The van der Waals surface area contributed by atoms with Crippen molar-refractivity contribution in [3.63, 3.8) is 0 Å². The highest BCUT2D eigenvalue weighted by Gasteiger charge is 2.77. The van der Waals surface area contributed by atoms with Crippen molar-refractivity contribution in [1.82, 2.24) is 0 Å². The van der Waals surface area contributed by atoms with Gasteiger partial charge in [-0.3, -0.25) is 4.79 Å². The Balaban J connectivity index is 1.72. The third kappa shape index (κ3) is 2.67. The number of phenolic OH excluding ortho intramolecular Hbond substituents is 2. The summed E-state index contributed by atoms with van der Waals surface area (Å²) >= 11 is 5.98. The summed E-state index contributed by atoms with van der Waals surface area (Å²) in [5.41, 5.74) is -5.52. The second kappa shape index (κ2) is 6.70. The highest BCUT2D eigenvalue weighted by molar-refractivity contribution is 6.33. The highest BCUT2D eigenvalue weighted by atomic mass is 35.5. The molecule has 3 aliphatic carbocycles. The van der Waals surface area contributed by atoms with Gasteiger partial charge in [-0.05, 0) is 36.8 Å². The van der Waals surface area contributed by atoms with Crippen LogP contribution < -0.4 is 0 Å². The predicted octanol–water partition coefficient (Wildman–Crippen LogP) is 2.00. The monoisotopic (exact) mass is 466 g/mol. The molecule has 1 aromatic rings. The number of carbonyl (C=O) groups excluding carboxylic acids is 2. The van der Waals surface area contributed by atoms with E-state index in [4.69, 9.17) is 16.3 Å². The molecule has 1 aromatic carbocycles. The van der Waals surface area contributed by atoms with Gasteiger partial charge in [0.15, 0.2) is 0 Å². The Labute approximate surface area is 190 Å². The second-order valence-corrected chi connectivity index (χ2v) is 10.7. The molecule has 174 valence electrons. The number of halogens is 1. The summed E-state index contributed by atoms with van der Waals surface area (Å²) in [7, 11) is 0. The van der Waals surface area contributed by atoms with E-state index >= 15 is 0 Å². The lowest BCUT2D eigenvalue weighted by Crippen LogP contribution is -2.76. The van der Waals surface area contributed by atoms with Gasteiger partial charge in [-0.2, -0.15) is 0 Å². The summed E-state index contributed by atoms with van der Waals surface area (Å²) in [6, 6.07) is 0.917. The van der Waals surface area contributed by atoms with Crippen LogP contribution in [0.5, 0.6) is 11.5 Å². The van der Waals surface area contributed by atoms with Crippen molar-refractivity contribution in [2.24, 2.45) is 16.7 Å². The van der Waals surface area contributed by atoms with E-state index in [9.17, 15) is 35.1 Å². The van der Waals surface area contributed by atoms with Crippen LogP contribution in [0.25, 0.3) is 0 Å². The van der Waals surface area contributed by atoms with Crippen molar-refractivity contribution in [3.05, 3.63) is 33.9 Å². The van der Waals surface area contributed by atoms with Crippen LogP contribution >= 0.6 is 11.6 Å². The Bertz CT molecular complexity index is 1060. The molecule has 0 bridgehead atoms. The van der Waals surface area contributed by atoms with E-state index in [0.717, 1.165) is 6.07 Å². The van der Waals surface area contributed by atoms with Gasteiger partial charge in [0.05, 0.1) is 16.7 Å². The first-order valence-electron chi connectivity index (χ1n) is 10.4. The number of aliphatic hydroxyl groups excluding tert-OH is 1. The van der Waals surface area contributed by atoms with Crippen molar-refractivity contribution < 1.29 is 39.9 Å². The first-order valence-corrected chi connectivity index (χ1v) is 10.7. The number of fused-ring (bicyclic) bond motifs is 3. The summed E-state index contributed by atoms with van der Waals surface area (Å²) in [6.07, 6.45) is -0.130. The fourth-order valence-corrected chi connectivity index (χ4v) is 6.50. The van der Waals surface area contributed by atoms with E-state index in [1.54, 1.807) is 20.8 Å². The minimum absolute atomic E-state index is 0.0756. The van der Waals surface area contributed by atoms with E-state index in [1.807, 2.05) is 0 Å². The molecule has 6 atom stereocenters. The lowest BCUT2D eigenvalue weighted by molar-refractivity contribution is -0.272. The number of aromatic hydroxyl groups is 2. The third-order valence-corrected chi connectivity index (χ3v) is 8.39. The lowest BCUT2D eigenvalue weighted by atomic mass is 9.43. The molecule has 0 spiro atoms. The van der Waals surface area contributed by atoms with Crippen molar-refractivity contribution in [1.29, 1.82) is 0 Å². The molecule has 0 radical (unpaired) electrons. The van der Waals surface area contributed by atoms with Crippen LogP contribution in [0.3, 0.4) is 0 Å². The Hall–Kier alpha value is -2.13. The third-order valence-electron chi connectivity index (χ3n) is 7.91. The number of ether oxygens (including phenoxy) is 1. The Morgan fingerprint density at radius 2 is 1.84 bits per heavy atom. The molecule has 0 aliphatic heterocycles. The minimum atomic E-state index is -1.94. The van der Waals surface area contributed by atoms with Gasteiger partial charge >= 0.3 is 5.97 Å². The molecule has 1 unspecified atom stereocenters. The normalized spacial score (nSPS) is 39.4. The number of hydrogen-bond acceptors (Lipinski definition) is 8. The summed E-state index contributed by atoms with van der Waals surface area (Å²) in [5.74, 6) is -2.71. The van der Waals surface area contributed by atoms with Crippen LogP contribution in [-0.2, 0) is 9.53 Å². The minimum Gasteiger partial charge on any atom is -0.507 e. The first-order chi connectivity index (χ1) is 14.6. The SMILES string of the molecule is Cc1c(Cl)c(O)cc(O)c1C(=O)O[C@@H]1C[C@]2(C)C3[C@@H](O)C(C)(C)C[C@@]3(O)C=C(C=O)[C@]12O. The molecule has 5 N–H and O–H groups in total. The molecule has 0 saturated heterocycles. The molecule has 3 aliphatic rings. The zero-order valence-electron chi connectivity index (χ0n) is 18.2. The molecule has 2 fully saturated rings. The Kier molecular flexibility index (Phi) is 4.82. The lowest BCUT2D eigenvalue weighted by Gasteiger charge is -2.66. The van der Waals surface area contributed by atoms with Crippen LogP contribution in [-0.4, -0.2) is 61.2 Å². The zero-order chi connectivity index (χ0) is 24.0. The molecule has 8 nitrogen and oxygen atoms in total. The number of carbonyl (C=O) groups is 2. The number of benzene rings is 1. The summed E-state index contributed by atoms with van der Waals surface area (Å²) in [5, 5.41) is 53.7. The van der Waals surface area contributed by atoms with Crippen molar-refractivity contribution in [2.75, 3.05) is 0 Å². The van der Waals surface area contributed by atoms with Crippen molar-refractivity contribution in [3.8, 4) is 11.5 Å². The molecular formula is C23H27ClO8. The van der Waals surface area contributed by atoms with Gasteiger partial charge in [-0.25, -0.2) is 4.79 Å². The fourth-order valence-electron chi connectivity index (χ4n) is 6.35. The van der Waals surface area contributed by atoms with Crippen LogP contribution in [0.1, 0.15) is 49.5 Å². The van der Waals surface area contributed by atoms with E-state index in [-0.39, 0.29) is 34.6 Å². The second-order valence-electron chi connectivity index (χ2n) is 10.3. The number of hydrogen-bond donors (Lipinski definition) is 5. The highest BCUT2D eigenvalue weighted by Crippen LogP contribution is 2.69. The van der Waals surface area contributed by atoms with Gasteiger partial charge in [0, 0.05) is 23.0 Å². The Morgan fingerprint density at radius 1 is 1.22 bits per heavy atom. The summed E-state index contributed by atoms with van der Waals surface area (Å²) in [6.45, 7) is 6.70. The van der Waals surface area contributed by atoms with Gasteiger partial charge in [0.25, 0.3) is 0 Å². The van der Waals surface area contributed by atoms with E-state index < -0.39 is 57.6 Å². The van der Waals surface area contributed by atoms with Crippen LogP contribution in [0.15, 0.2) is 17.7 Å². The maximum atomic E-state index is 12.9. The molecule has 2 saturated carbocycles. The van der Waals surface area contributed by atoms with Gasteiger partial charge in [0.2, 0.25) is 0 Å².